The topological polar surface area (TPSA) is 78.4 Å². The van der Waals surface area contributed by atoms with E-state index in [1.807, 2.05) is 36.1 Å². The van der Waals surface area contributed by atoms with Crippen molar-refractivity contribution in [3.63, 3.8) is 0 Å². The summed E-state index contributed by atoms with van der Waals surface area (Å²) in [5.41, 5.74) is 0.721. The Morgan fingerprint density at radius 2 is 1.86 bits per heavy atom. The first-order valence-corrected chi connectivity index (χ1v) is 9.73. The number of rotatable bonds is 5. The van der Waals surface area contributed by atoms with Gasteiger partial charge in [-0.2, -0.15) is 0 Å². The molecule has 0 amide bonds. The molecule has 0 spiro atoms. The van der Waals surface area contributed by atoms with Crippen LogP contribution >= 0.6 is 11.3 Å². The van der Waals surface area contributed by atoms with Crippen molar-refractivity contribution in [3.05, 3.63) is 55.5 Å². The van der Waals surface area contributed by atoms with Crippen LogP contribution in [0.5, 0.6) is 17.2 Å². The normalized spacial score (nSPS) is 13.8. The number of hydrogen-bond donors (Lipinski definition) is 0. The van der Waals surface area contributed by atoms with Gasteiger partial charge in [-0.1, -0.05) is 11.3 Å². The number of benzene rings is 1. The van der Waals surface area contributed by atoms with Crippen molar-refractivity contribution < 1.29 is 18.6 Å². The predicted octanol–water partition coefficient (Wildman–Crippen LogP) is 1.72. The molecule has 0 atom stereocenters. The zero-order valence-electron chi connectivity index (χ0n) is 16.6. The fourth-order valence-corrected chi connectivity index (χ4v) is 4.13. The monoisotopic (exact) mass is 415 g/mol. The van der Waals surface area contributed by atoms with Crippen LogP contribution in [0.15, 0.2) is 38.5 Å². The summed E-state index contributed by atoms with van der Waals surface area (Å²) in [5, 5.41) is 0. The highest BCUT2D eigenvalue weighted by molar-refractivity contribution is 7.07. The summed E-state index contributed by atoms with van der Waals surface area (Å²) in [5.74, 6) is 3.07. The number of aromatic nitrogens is 1. The molecule has 1 aromatic carbocycles. The Bertz CT molecular complexity index is 1200. The summed E-state index contributed by atoms with van der Waals surface area (Å²) >= 11 is 1.36. The number of anilines is 1. The molecule has 0 aliphatic carbocycles. The third-order valence-electron chi connectivity index (χ3n) is 4.63. The fourth-order valence-electron chi connectivity index (χ4n) is 3.19. The van der Waals surface area contributed by atoms with E-state index >= 15 is 0 Å². The maximum absolute atomic E-state index is 12.9. The third kappa shape index (κ3) is 3.49. The molecule has 0 saturated carbocycles. The van der Waals surface area contributed by atoms with Crippen molar-refractivity contribution in [1.82, 2.24) is 4.57 Å². The average molecular weight is 415 g/mol. The van der Waals surface area contributed by atoms with Crippen LogP contribution in [0.3, 0.4) is 0 Å². The SMILES string of the molecule is COc1cc(N2CN=c3s/c(=C\c4ccc(C)o4)c(=O)n3C2)cc(OC)c1OC. The van der Waals surface area contributed by atoms with E-state index in [-0.39, 0.29) is 5.56 Å². The standard InChI is InChI=1S/C20H21N3O5S/c1-12-5-6-14(28-12)9-17-19(24)23-11-22(10-21-20(23)29-17)13-7-15(25-2)18(27-4)16(8-13)26-3/h5-9H,10-11H2,1-4H3/b17-9-. The summed E-state index contributed by atoms with van der Waals surface area (Å²) in [7, 11) is 4.70. The zero-order chi connectivity index (χ0) is 20.5. The van der Waals surface area contributed by atoms with Gasteiger partial charge in [-0.15, -0.1) is 0 Å². The average Bonchev–Trinajstić information content (AvgIpc) is 3.29. The summed E-state index contributed by atoms with van der Waals surface area (Å²) in [6, 6.07) is 7.40. The van der Waals surface area contributed by atoms with Crippen LogP contribution in [-0.4, -0.2) is 32.6 Å². The van der Waals surface area contributed by atoms with Crippen LogP contribution in [0.1, 0.15) is 11.5 Å². The van der Waals surface area contributed by atoms with Gasteiger partial charge in [-0.05, 0) is 19.1 Å². The Labute approximate surface area is 170 Å². The number of methoxy groups -OCH3 is 3. The fraction of sp³-hybridized carbons (Fsp3) is 0.300. The Hall–Kier alpha value is -3.20. The first kappa shape index (κ1) is 19.1. The van der Waals surface area contributed by atoms with Crippen molar-refractivity contribution >= 4 is 23.1 Å². The van der Waals surface area contributed by atoms with Gasteiger partial charge in [-0.25, -0.2) is 4.99 Å². The van der Waals surface area contributed by atoms with Crippen LogP contribution in [-0.2, 0) is 6.67 Å². The zero-order valence-corrected chi connectivity index (χ0v) is 17.4. The van der Waals surface area contributed by atoms with Gasteiger partial charge in [0.15, 0.2) is 16.3 Å². The minimum Gasteiger partial charge on any atom is -0.493 e. The van der Waals surface area contributed by atoms with E-state index in [4.69, 9.17) is 18.6 Å². The maximum atomic E-state index is 12.9. The summed E-state index contributed by atoms with van der Waals surface area (Å²) in [6.45, 7) is 2.66. The number of fused-ring (bicyclic) bond motifs is 1. The number of nitrogens with zero attached hydrogens (tertiary/aromatic N) is 3. The van der Waals surface area contributed by atoms with E-state index in [2.05, 4.69) is 4.99 Å². The summed E-state index contributed by atoms with van der Waals surface area (Å²) in [6.07, 6.45) is 1.75. The van der Waals surface area contributed by atoms with Gasteiger partial charge in [-0.3, -0.25) is 9.36 Å². The van der Waals surface area contributed by atoms with Gasteiger partial charge in [0.1, 0.15) is 24.9 Å². The molecular formula is C20H21N3O5S. The van der Waals surface area contributed by atoms with Gasteiger partial charge in [0.05, 0.1) is 25.9 Å². The Morgan fingerprint density at radius 3 is 2.45 bits per heavy atom. The van der Waals surface area contributed by atoms with Gasteiger partial charge < -0.3 is 23.5 Å². The van der Waals surface area contributed by atoms with Crippen molar-refractivity contribution in [2.75, 3.05) is 32.9 Å². The Balaban J connectivity index is 1.71. The van der Waals surface area contributed by atoms with E-state index in [1.54, 1.807) is 32.0 Å². The van der Waals surface area contributed by atoms with E-state index < -0.39 is 0 Å². The van der Waals surface area contributed by atoms with Crippen molar-refractivity contribution in [1.29, 1.82) is 0 Å². The largest absolute Gasteiger partial charge is 0.493 e. The molecule has 0 radical (unpaired) electrons. The first-order valence-electron chi connectivity index (χ1n) is 8.91. The summed E-state index contributed by atoms with van der Waals surface area (Å²) < 4.78 is 24.0. The van der Waals surface area contributed by atoms with E-state index in [1.165, 1.54) is 11.3 Å². The van der Waals surface area contributed by atoms with Crippen LogP contribution in [0.4, 0.5) is 5.69 Å². The minimum atomic E-state index is -0.0973. The highest BCUT2D eigenvalue weighted by atomic mass is 32.1. The number of furan rings is 1. The number of aryl methyl sites for hydroxylation is 1. The second kappa shape index (κ2) is 7.67. The minimum absolute atomic E-state index is 0.0973. The van der Waals surface area contributed by atoms with Crippen LogP contribution in [0.25, 0.3) is 6.08 Å². The molecule has 29 heavy (non-hydrogen) atoms. The van der Waals surface area contributed by atoms with Crippen molar-refractivity contribution in [2.24, 2.45) is 4.99 Å². The molecule has 8 nitrogen and oxygen atoms in total. The Kier molecular flexibility index (Phi) is 5.06. The highest BCUT2D eigenvalue weighted by Crippen LogP contribution is 2.41. The van der Waals surface area contributed by atoms with Crippen molar-refractivity contribution in [2.45, 2.75) is 13.6 Å². The van der Waals surface area contributed by atoms with E-state index in [0.29, 0.717) is 45.7 Å². The molecule has 0 bridgehead atoms. The molecule has 152 valence electrons. The lowest BCUT2D eigenvalue weighted by molar-refractivity contribution is 0.324. The molecule has 0 fully saturated rings. The van der Waals surface area contributed by atoms with Crippen LogP contribution in [0.2, 0.25) is 0 Å². The van der Waals surface area contributed by atoms with Crippen LogP contribution in [0, 0.1) is 6.92 Å². The van der Waals surface area contributed by atoms with E-state index in [9.17, 15) is 4.79 Å². The predicted molar refractivity (Wildman–Crippen MR) is 110 cm³/mol. The van der Waals surface area contributed by atoms with Gasteiger partial charge in [0, 0.05) is 23.9 Å². The summed E-state index contributed by atoms with van der Waals surface area (Å²) in [4.78, 5) is 20.1. The van der Waals surface area contributed by atoms with Gasteiger partial charge in [0.25, 0.3) is 5.56 Å². The van der Waals surface area contributed by atoms with Crippen molar-refractivity contribution in [3.8, 4) is 17.2 Å². The lowest BCUT2D eigenvalue weighted by Gasteiger charge is -2.27. The number of ether oxygens (including phenoxy) is 3. The molecule has 0 N–H and O–H groups in total. The van der Waals surface area contributed by atoms with Crippen LogP contribution < -0.4 is 34.0 Å². The lowest BCUT2D eigenvalue weighted by atomic mass is 10.2. The quantitative estimate of drug-likeness (QED) is 0.632. The number of thiazole rings is 1. The maximum Gasteiger partial charge on any atom is 0.271 e. The van der Waals surface area contributed by atoms with Gasteiger partial charge in [0.2, 0.25) is 5.75 Å². The van der Waals surface area contributed by atoms with E-state index in [0.717, 1.165) is 11.4 Å². The molecular weight excluding hydrogens is 394 g/mol. The molecule has 4 rings (SSSR count). The first-order chi connectivity index (χ1) is 14.0. The third-order valence-corrected chi connectivity index (χ3v) is 5.67. The lowest BCUT2D eigenvalue weighted by Crippen LogP contribution is -2.42. The molecule has 0 saturated heterocycles. The Morgan fingerprint density at radius 1 is 1.14 bits per heavy atom. The second-order valence-corrected chi connectivity index (χ2v) is 7.45. The molecule has 2 aromatic heterocycles. The molecule has 0 unspecified atom stereocenters. The molecule has 1 aliphatic rings. The molecule has 9 heteroatoms. The highest BCUT2D eigenvalue weighted by Gasteiger charge is 2.20. The number of hydrogen-bond acceptors (Lipinski definition) is 8. The molecule has 3 aromatic rings. The van der Waals surface area contributed by atoms with Gasteiger partial charge >= 0.3 is 0 Å². The smallest absolute Gasteiger partial charge is 0.271 e. The second-order valence-electron chi connectivity index (χ2n) is 6.44. The molecule has 1 aliphatic heterocycles. The molecule has 3 heterocycles.